The second kappa shape index (κ2) is 9.06. The molecule has 1 aromatic carbocycles. The van der Waals surface area contributed by atoms with Gasteiger partial charge < -0.3 is 10.1 Å². The quantitative estimate of drug-likeness (QED) is 0.592. The Balaban J connectivity index is 1.80. The minimum absolute atomic E-state index is 0.320. The molecule has 2 heterocycles. The van der Waals surface area contributed by atoms with Crippen LogP contribution in [0, 0.1) is 18.3 Å². The normalized spacial score (nSPS) is 10.9. The molecule has 0 saturated carbocycles. The molecule has 0 fully saturated rings. The van der Waals surface area contributed by atoms with Crippen molar-refractivity contribution in [3.63, 3.8) is 0 Å². The lowest BCUT2D eigenvalue weighted by Gasteiger charge is -2.19. The summed E-state index contributed by atoms with van der Waals surface area (Å²) in [4.78, 5) is 30.4. The number of rotatable bonds is 5. The molecule has 0 saturated heterocycles. The number of pyridine rings is 1. The smallest absolute Gasteiger partial charge is 0.338 e. The van der Waals surface area contributed by atoms with E-state index in [1.54, 1.807) is 70.3 Å². The molecule has 0 aliphatic carbocycles. The van der Waals surface area contributed by atoms with Gasteiger partial charge in [0.25, 0.3) is 5.91 Å². The lowest BCUT2D eigenvalue weighted by molar-refractivity contribution is 0.00694. The highest BCUT2D eigenvalue weighted by atomic mass is 32.1. The van der Waals surface area contributed by atoms with E-state index in [1.807, 2.05) is 0 Å². The third kappa shape index (κ3) is 5.74. The van der Waals surface area contributed by atoms with E-state index in [9.17, 15) is 9.59 Å². The van der Waals surface area contributed by atoms with E-state index in [-0.39, 0.29) is 5.91 Å². The molecule has 0 atom stereocenters. The zero-order chi connectivity index (χ0) is 22.6. The Kier molecular flexibility index (Phi) is 6.47. The second-order valence-electron chi connectivity index (χ2n) is 7.93. The monoisotopic (exact) mass is 434 g/mol. The first-order valence-corrected chi connectivity index (χ1v) is 10.4. The van der Waals surface area contributed by atoms with E-state index in [2.05, 4.69) is 20.7 Å². The Morgan fingerprint density at radius 2 is 2.00 bits per heavy atom. The Bertz CT molecular complexity index is 1170. The molecule has 158 valence electrons. The SMILES string of the molecule is Cc1nsc(Cc2cc(C#N)ccn2)c1C(=O)Nc1cccc(C(=O)OC(C)(C)C)c1. The van der Waals surface area contributed by atoms with Crippen LogP contribution in [-0.2, 0) is 11.2 Å². The molecule has 1 amide bonds. The molecule has 31 heavy (non-hydrogen) atoms. The van der Waals surface area contributed by atoms with E-state index >= 15 is 0 Å². The topological polar surface area (TPSA) is 105 Å². The molecular formula is C23H22N4O3S. The third-order valence-electron chi connectivity index (χ3n) is 4.20. The number of amides is 1. The van der Waals surface area contributed by atoms with Gasteiger partial charge in [0.2, 0.25) is 0 Å². The minimum atomic E-state index is -0.610. The highest BCUT2D eigenvalue weighted by Gasteiger charge is 2.21. The van der Waals surface area contributed by atoms with Crippen LogP contribution in [0.4, 0.5) is 5.69 Å². The van der Waals surface area contributed by atoms with E-state index in [1.165, 1.54) is 11.5 Å². The number of nitrogens with zero attached hydrogens (tertiary/aromatic N) is 3. The van der Waals surface area contributed by atoms with Crippen molar-refractivity contribution in [2.24, 2.45) is 0 Å². The Labute approximate surface area is 184 Å². The Hall–Kier alpha value is -3.57. The predicted molar refractivity (Wildman–Crippen MR) is 118 cm³/mol. The molecule has 0 radical (unpaired) electrons. The summed E-state index contributed by atoms with van der Waals surface area (Å²) in [6.07, 6.45) is 1.96. The first-order valence-electron chi connectivity index (χ1n) is 9.61. The summed E-state index contributed by atoms with van der Waals surface area (Å²) >= 11 is 1.23. The van der Waals surface area contributed by atoms with Crippen LogP contribution >= 0.6 is 11.5 Å². The molecule has 0 bridgehead atoms. The number of aromatic nitrogens is 2. The van der Waals surface area contributed by atoms with Crippen LogP contribution in [0.2, 0.25) is 0 Å². The summed E-state index contributed by atoms with van der Waals surface area (Å²) in [5, 5.41) is 11.9. The van der Waals surface area contributed by atoms with Gasteiger partial charge in [-0.05, 0) is 69.6 Å². The van der Waals surface area contributed by atoms with E-state index < -0.39 is 11.6 Å². The number of esters is 1. The number of carbonyl (C=O) groups is 2. The van der Waals surface area contributed by atoms with Gasteiger partial charge in [-0.25, -0.2) is 4.79 Å². The number of aryl methyl sites for hydroxylation is 1. The standard InChI is InChI=1S/C23H22N4O3S/c1-14-20(19(31-27-14)12-18-10-15(13-24)8-9-25-18)21(28)26-17-7-5-6-16(11-17)22(29)30-23(2,3)4/h5-11H,12H2,1-4H3,(H,26,28). The number of benzene rings is 1. The summed E-state index contributed by atoms with van der Waals surface area (Å²) in [6.45, 7) is 7.16. The summed E-state index contributed by atoms with van der Waals surface area (Å²) in [7, 11) is 0. The lowest BCUT2D eigenvalue weighted by atomic mass is 10.1. The van der Waals surface area contributed by atoms with Gasteiger partial charge in [-0.15, -0.1) is 0 Å². The summed E-state index contributed by atoms with van der Waals surface area (Å²) in [6, 6.07) is 12.0. The van der Waals surface area contributed by atoms with Crippen molar-refractivity contribution in [3.8, 4) is 6.07 Å². The number of ether oxygens (including phenoxy) is 1. The minimum Gasteiger partial charge on any atom is -0.456 e. The fourth-order valence-corrected chi connectivity index (χ4v) is 3.77. The first kappa shape index (κ1) is 22.1. The lowest BCUT2D eigenvalue weighted by Crippen LogP contribution is -2.24. The molecule has 3 aromatic rings. The van der Waals surface area contributed by atoms with Crippen LogP contribution in [0.5, 0.6) is 0 Å². The fourth-order valence-electron chi connectivity index (χ4n) is 2.89. The number of carbonyl (C=O) groups excluding carboxylic acids is 2. The van der Waals surface area contributed by atoms with Crippen LogP contribution < -0.4 is 5.32 Å². The number of hydrogen-bond acceptors (Lipinski definition) is 7. The van der Waals surface area contributed by atoms with Crippen molar-refractivity contribution in [1.29, 1.82) is 5.26 Å². The van der Waals surface area contributed by atoms with E-state index in [0.29, 0.717) is 40.2 Å². The highest BCUT2D eigenvalue weighted by Crippen LogP contribution is 2.24. The number of hydrogen-bond donors (Lipinski definition) is 1. The Morgan fingerprint density at radius 1 is 1.23 bits per heavy atom. The molecule has 3 rings (SSSR count). The van der Waals surface area contributed by atoms with Gasteiger partial charge >= 0.3 is 5.97 Å². The maximum Gasteiger partial charge on any atom is 0.338 e. The molecular weight excluding hydrogens is 412 g/mol. The van der Waals surface area contributed by atoms with Crippen LogP contribution in [0.1, 0.15) is 63.3 Å². The maximum atomic E-state index is 13.0. The zero-order valence-corrected chi connectivity index (χ0v) is 18.5. The van der Waals surface area contributed by atoms with Crippen molar-refractivity contribution in [3.05, 3.63) is 75.6 Å². The molecule has 0 unspecified atom stereocenters. The average Bonchev–Trinajstić information content (AvgIpc) is 3.07. The number of nitriles is 1. The van der Waals surface area contributed by atoms with E-state index in [0.717, 1.165) is 4.88 Å². The molecule has 2 aromatic heterocycles. The maximum absolute atomic E-state index is 13.0. The Morgan fingerprint density at radius 3 is 2.71 bits per heavy atom. The van der Waals surface area contributed by atoms with Crippen molar-refractivity contribution >= 4 is 29.1 Å². The summed E-state index contributed by atoms with van der Waals surface area (Å²) < 4.78 is 9.71. The molecule has 1 N–H and O–H groups in total. The first-order chi connectivity index (χ1) is 14.7. The fraction of sp³-hybridized carbons (Fsp3) is 0.261. The average molecular weight is 435 g/mol. The van der Waals surface area contributed by atoms with Gasteiger partial charge in [-0.2, -0.15) is 9.64 Å². The van der Waals surface area contributed by atoms with Crippen LogP contribution in [0.15, 0.2) is 42.6 Å². The molecule has 7 nitrogen and oxygen atoms in total. The molecule has 0 spiro atoms. The predicted octanol–water partition coefficient (Wildman–Crippen LogP) is 4.52. The van der Waals surface area contributed by atoms with Crippen molar-refractivity contribution in [2.75, 3.05) is 5.32 Å². The second-order valence-corrected chi connectivity index (χ2v) is 8.79. The molecule has 0 aliphatic rings. The van der Waals surface area contributed by atoms with Gasteiger partial charge in [-0.1, -0.05) is 6.07 Å². The van der Waals surface area contributed by atoms with Gasteiger partial charge in [0.1, 0.15) is 5.60 Å². The van der Waals surface area contributed by atoms with E-state index in [4.69, 9.17) is 10.00 Å². The van der Waals surface area contributed by atoms with Gasteiger partial charge in [0.05, 0.1) is 28.5 Å². The number of anilines is 1. The third-order valence-corrected chi connectivity index (χ3v) is 5.14. The largest absolute Gasteiger partial charge is 0.456 e. The molecule has 8 heteroatoms. The van der Waals surface area contributed by atoms with Crippen molar-refractivity contribution in [1.82, 2.24) is 9.36 Å². The van der Waals surface area contributed by atoms with Crippen molar-refractivity contribution in [2.45, 2.75) is 39.7 Å². The highest BCUT2D eigenvalue weighted by molar-refractivity contribution is 7.06. The summed E-state index contributed by atoms with van der Waals surface area (Å²) in [5.74, 6) is -0.778. The van der Waals surface area contributed by atoms with Crippen LogP contribution in [-0.4, -0.2) is 26.8 Å². The van der Waals surface area contributed by atoms with Crippen LogP contribution in [0.3, 0.4) is 0 Å². The zero-order valence-electron chi connectivity index (χ0n) is 17.7. The van der Waals surface area contributed by atoms with Gasteiger partial charge in [-0.3, -0.25) is 9.78 Å². The molecule has 0 aliphatic heterocycles. The van der Waals surface area contributed by atoms with Gasteiger partial charge in [0.15, 0.2) is 0 Å². The summed E-state index contributed by atoms with van der Waals surface area (Å²) in [5.41, 5.74) is 2.50. The number of nitrogens with one attached hydrogen (secondary N) is 1. The van der Waals surface area contributed by atoms with Crippen molar-refractivity contribution < 1.29 is 14.3 Å². The van der Waals surface area contributed by atoms with Gasteiger partial charge in [0, 0.05) is 28.9 Å². The van der Waals surface area contributed by atoms with Crippen LogP contribution in [0.25, 0.3) is 0 Å².